The van der Waals surface area contributed by atoms with E-state index >= 15 is 0 Å². The number of carbonyl (C=O) groups is 1. The monoisotopic (exact) mass is 198 g/mol. The Balaban J connectivity index is 2.74. The van der Waals surface area contributed by atoms with Gasteiger partial charge in [0.1, 0.15) is 6.21 Å². The number of hydrogen-bond donors (Lipinski definition) is 2. The molecule has 0 saturated heterocycles. The minimum atomic E-state index is -0.532. The molecule has 0 atom stereocenters. The number of benzene rings is 1. The van der Waals surface area contributed by atoms with E-state index < -0.39 is 5.91 Å². The highest BCUT2D eigenvalue weighted by Gasteiger charge is 2.01. The van der Waals surface area contributed by atoms with E-state index in [0.29, 0.717) is 10.7 Å². The van der Waals surface area contributed by atoms with E-state index in [-0.39, 0.29) is 0 Å². The highest BCUT2D eigenvalue weighted by atomic mass is 35.5. The predicted octanol–water partition coefficient (Wildman–Crippen LogP) is 1.74. The minimum Gasteiger partial charge on any atom is -0.411 e. The number of oxime groups is 1. The van der Waals surface area contributed by atoms with Crippen molar-refractivity contribution in [3.63, 3.8) is 0 Å². The molecule has 0 spiro atoms. The van der Waals surface area contributed by atoms with Crippen molar-refractivity contribution < 1.29 is 10.0 Å². The summed E-state index contributed by atoms with van der Waals surface area (Å²) in [5.41, 5.74) is 0.481. The number of nitrogens with one attached hydrogen (secondary N) is 1. The van der Waals surface area contributed by atoms with Crippen LogP contribution >= 0.6 is 11.6 Å². The van der Waals surface area contributed by atoms with Crippen molar-refractivity contribution >= 4 is 29.4 Å². The first-order valence-corrected chi connectivity index (χ1v) is 3.85. The van der Waals surface area contributed by atoms with Crippen LogP contribution in [0.3, 0.4) is 0 Å². The van der Waals surface area contributed by atoms with Crippen molar-refractivity contribution in [1.29, 1.82) is 0 Å². The smallest absolute Gasteiger partial charge is 0.270 e. The summed E-state index contributed by atoms with van der Waals surface area (Å²) < 4.78 is 0. The van der Waals surface area contributed by atoms with Crippen LogP contribution in [0.25, 0.3) is 0 Å². The van der Waals surface area contributed by atoms with E-state index in [1.807, 2.05) is 0 Å². The average Bonchev–Trinajstić information content (AvgIpc) is 2.09. The van der Waals surface area contributed by atoms with Crippen LogP contribution in [-0.2, 0) is 4.79 Å². The number of hydrogen-bond acceptors (Lipinski definition) is 3. The lowest BCUT2D eigenvalue weighted by molar-refractivity contribution is -0.110. The topological polar surface area (TPSA) is 61.7 Å². The van der Waals surface area contributed by atoms with Crippen LogP contribution in [0.1, 0.15) is 0 Å². The summed E-state index contributed by atoms with van der Waals surface area (Å²) in [5, 5.41) is 13.5. The fourth-order valence-electron chi connectivity index (χ4n) is 0.780. The van der Waals surface area contributed by atoms with Gasteiger partial charge in [-0.15, -0.1) is 0 Å². The fraction of sp³-hybridized carbons (Fsp3) is 0. The van der Waals surface area contributed by atoms with E-state index in [9.17, 15) is 4.79 Å². The quantitative estimate of drug-likeness (QED) is 0.432. The van der Waals surface area contributed by atoms with Crippen LogP contribution in [0.2, 0.25) is 5.02 Å². The third-order valence-electron chi connectivity index (χ3n) is 1.31. The van der Waals surface area contributed by atoms with Gasteiger partial charge in [0, 0.05) is 0 Å². The maximum atomic E-state index is 10.9. The molecule has 0 fully saturated rings. The molecule has 1 amide bonds. The molecule has 5 heteroatoms. The molecule has 0 aromatic heterocycles. The number of anilines is 1. The molecule has 0 bridgehead atoms. The first kappa shape index (κ1) is 9.54. The van der Waals surface area contributed by atoms with E-state index in [1.165, 1.54) is 0 Å². The van der Waals surface area contributed by atoms with Crippen LogP contribution in [0.15, 0.2) is 29.4 Å². The Kier molecular flexibility index (Phi) is 3.28. The van der Waals surface area contributed by atoms with Crippen LogP contribution in [0.5, 0.6) is 0 Å². The molecular weight excluding hydrogens is 192 g/mol. The third-order valence-corrected chi connectivity index (χ3v) is 1.64. The summed E-state index contributed by atoms with van der Waals surface area (Å²) in [4.78, 5) is 10.9. The first-order valence-electron chi connectivity index (χ1n) is 3.47. The molecule has 0 saturated carbocycles. The zero-order valence-corrected chi connectivity index (χ0v) is 7.32. The largest absolute Gasteiger partial charge is 0.411 e. The molecule has 0 unspecified atom stereocenters. The molecule has 0 radical (unpaired) electrons. The van der Waals surface area contributed by atoms with Gasteiger partial charge in [-0.25, -0.2) is 0 Å². The number of nitrogens with zero attached hydrogens (tertiary/aromatic N) is 1. The van der Waals surface area contributed by atoms with Crippen molar-refractivity contribution in [2.45, 2.75) is 0 Å². The Morgan fingerprint density at radius 2 is 2.23 bits per heavy atom. The van der Waals surface area contributed by atoms with E-state index in [4.69, 9.17) is 16.8 Å². The zero-order valence-electron chi connectivity index (χ0n) is 6.57. The summed E-state index contributed by atoms with van der Waals surface area (Å²) in [7, 11) is 0. The van der Waals surface area contributed by atoms with Gasteiger partial charge in [-0.2, -0.15) is 0 Å². The van der Waals surface area contributed by atoms with Crippen molar-refractivity contribution in [2.75, 3.05) is 5.32 Å². The second-order valence-electron chi connectivity index (χ2n) is 2.21. The van der Waals surface area contributed by atoms with Crippen molar-refractivity contribution in [3.8, 4) is 0 Å². The molecule has 0 aliphatic rings. The maximum absolute atomic E-state index is 10.9. The Hall–Kier alpha value is -1.55. The second-order valence-corrected chi connectivity index (χ2v) is 2.62. The van der Waals surface area contributed by atoms with Gasteiger partial charge in [-0.3, -0.25) is 4.79 Å². The predicted molar refractivity (Wildman–Crippen MR) is 50.4 cm³/mol. The SMILES string of the molecule is O=C(C=NO)Nc1ccccc1Cl. The van der Waals surface area contributed by atoms with Gasteiger partial charge in [-0.05, 0) is 12.1 Å². The van der Waals surface area contributed by atoms with Gasteiger partial charge in [-0.1, -0.05) is 28.9 Å². The van der Waals surface area contributed by atoms with Crippen LogP contribution < -0.4 is 5.32 Å². The molecule has 68 valence electrons. The summed E-state index contributed by atoms with van der Waals surface area (Å²) in [6, 6.07) is 6.77. The first-order chi connectivity index (χ1) is 6.24. The van der Waals surface area contributed by atoms with E-state index in [2.05, 4.69) is 10.5 Å². The Bertz CT molecular complexity index is 339. The molecular formula is C8H7ClN2O2. The lowest BCUT2D eigenvalue weighted by Crippen LogP contribution is -2.12. The van der Waals surface area contributed by atoms with Gasteiger partial charge >= 0.3 is 0 Å². The summed E-state index contributed by atoms with van der Waals surface area (Å²) in [6.07, 6.45) is 0.753. The Morgan fingerprint density at radius 1 is 1.54 bits per heavy atom. The standard InChI is InChI=1S/C8H7ClN2O2/c9-6-3-1-2-4-7(6)11-8(12)5-10-13/h1-5,13H,(H,11,12). The molecule has 1 rings (SSSR count). The molecule has 4 nitrogen and oxygen atoms in total. The lowest BCUT2D eigenvalue weighted by Gasteiger charge is -2.02. The van der Waals surface area contributed by atoms with Crippen molar-refractivity contribution in [2.24, 2.45) is 5.16 Å². The van der Waals surface area contributed by atoms with Crippen LogP contribution in [0.4, 0.5) is 5.69 Å². The minimum absolute atomic E-state index is 0.433. The average molecular weight is 199 g/mol. The highest BCUT2D eigenvalue weighted by Crippen LogP contribution is 2.19. The molecule has 2 N–H and O–H groups in total. The van der Waals surface area contributed by atoms with Gasteiger partial charge < -0.3 is 10.5 Å². The fourth-order valence-corrected chi connectivity index (χ4v) is 0.963. The zero-order chi connectivity index (χ0) is 9.68. The van der Waals surface area contributed by atoms with Crippen molar-refractivity contribution in [3.05, 3.63) is 29.3 Å². The maximum Gasteiger partial charge on any atom is 0.270 e. The molecule has 0 heterocycles. The summed E-state index contributed by atoms with van der Waals surface area (Å²) in [6.45, 7) is 0. The molecule has 13 heavy (non-hydrogen) atoms. The normalized spacial score (nSPS) is 10.2. The number of rotatable bonds is 2. The van der Waals surface area contributed by atoms with Crippen LogP contribution in [0, 0.1) is 0 Å². The van der Waals surface area contributed by atoms with Crippen LogP contribution in [-0.4, -0.2) is 17.3 Å². The van der Waals surface area contributed by atoms with Gasteiger partial charge in [0.2, 0.25) is 0 Å². The number of para-hydroxylation sites is 1. The van der Waals surface area contributed by atoms with E-state index in [0.717, 1.165) is 6.21 Å². The highest BCUT2D eigenvalue weighted by molar-refractivity contribution is 6.36. The number of carbonyl (C=O) groups excluding carboxylic acids is 1. The third kappa shape index (κ3) is 2.76. The van der Waals surface area contributed by atoms with Gasteiger partial charge in [0.15, 0.2) is 0 Å². The second kappa shape index (κ2) is 4.47. The lowest BCUT2D eigenvalue weighted by atomic mass is 10.3. The molecule has 0 aliphatic carbocycles. The molecule has 1 aromatic carbocycles. The number of amides is 1. The van der Waals surface area contributed by atoms with Crippen molar-refractivity contribution in [1.82, 2.24) is 0 Å². The number of halogens is 1. The Morgan fingerprint density at radius 3 is 2.85 bits per heavy atom. The summed E-state index contributed by atoms with van der Waals surface area (Å²) >= 11 is 5.75. The molecule has 1 aromatic rings. The van der Waals surface area contributed by atoms with Gasteiger partial charge in [0.25, 0.3) is 5.91 Å². The van der Waals surface area contributed by atoms with Gasteiger partial charge in [0.05, 0.1) is 10.7 Å². The Labute approximate surface area is 79.8 Å². The summed E-state index contributed by atoms with van der Waals surface area (Å²) in [5.74, 6) is -0.532. The molecule has 0 aliphatic heterocycles. The van der Waals surface area contributed by atoms with E-state index in [1.54, 1.807) is 24.3 Å².